The zero-order valence-corrected chi connectivity index (χ0v) is 10.9. The highest BCUT2D eigenvalue weighted by Gasteiger charge is 2.11. The first-order chi connectivity index (χ1) is 7.99. The van der Waals surface area contributed by atoms with Gasteiger partial charge in [-0.2, -0.15) is 5.10 Å². The van der Waals surface area contributed by atoms with Gasteiger partial charge in [0.15, 0.2) is 0 Å². The molecule has 0 saturated carbocycles. The first kappa shape index (κ1) is 11.8. The second-order valence-electron chi connectivity index (χ2n) is 3.59. The molecular weight excluding hydrogens is 286 g/mol. The maximum atomic E-state index is 10.9. The molecule has 0 atom stereocenters. The number of carboxylic acids is 1. The number of aryl methyl sites for hydroxylation is 2. The highest BCUT2D eigenvalue weighted by Crippen LogP contribution is 2.21. The van der Waals surface area contributed by atoms with Crippen molar-refractivity contribution in [1.29, 1.82) is 0 Å². The average molecular weight is 296 g/mol. The van der Waals surface area contributed by atoms with Crippen molar-refractivity contribution in [2.24, 2.45) is 0 Å². The number of carbonyl (C=O) groups is 1. The highest BCUT2D eigenvalue weighted by molar-refractivity contribution is 9.10. The molecule has 1 aromatic carbocycles. The van der Waals surface area contributed by atoms with Gasteiger partial charge in [0.25, 0.3) is 0 Å². The second-order valence-corrected chi connectivity index (χ2v) is 4.44. The Kier molecular flexibility index (Phi) is 2.97. The van der Waals surface area contributed by atoms with Gasteiger partial charge in [0.1, 0.15) is 11.6 Å². The minimum Gasteiger partial charge on any atom is -0.478 e. The summed E-state index contributed by atoms with van der Waals surface area (Å²) >= 11 is 3.23. The molecule has 88 valence electrons. The Bertz CT molecular complexity index is 592. The summed E-state index contributed by atoms with van der Waals surface area (Å²) in [5.74, 6) is 0.480. The highest BCUT2D eigenvalue weighted by atomic mass is 79.9. The smallest absolute Gasteiger partial charge is 0.336 e. The molecule has 0 bridgehead atoms. The van der Waals surface area contributed by atoms with Gasteiger partial charge in [0.05, 0.1) is 11.3 Å². The lowest BCUT2D eigenvalue weighted by atomic mass is 10.2. The Morgan fingerprint density at radius 1 is 1.41 bits per heavy atom. The third-order valence-electron chi connectivity index (χ3n) is 2.30. The van der Waals surface area contributed by atoms with Crippen LogP contribution in [0.4, 0.5) is 0 Å². The number of aromatic carboxylic acids is 1. The van der Waals surface area contributed by atoms with E-state index in [0.717, 1.165) is 11.5 Å². The van der Waals surface area contributed by atoms with E-state index in [1.165, 1.54) is 6.07 Å². The lowest BCUT2D eigenvalue weighted by Crippen LogP contribution is -2.02. The molecule has 2 rings (SSSR count). The summed E-state index contributed by atoms with van der Waals surface area (Å²) in [5, 5.41) is 13.2. The van der Waals surface area contributed by atoms with Crippen molar-refractivity contribution in [2.75, 3.05) is 0 Å². The Balaban J connectivity index is 2.51. The minimum atomic E-state index is -0.963. The van der Waals surface area contributed by atoms with E-state index in [4.69, 9.17) is 5.11 Å². The molecule has 0 radical (unpaired) electrons. The van der Waals surface area contributed by atoms with Gasteiger partial charge in [0.2, 0.25) is 0 Å². The first-order valence-electron chi connectivity index (χ1n) is 4.92. The largest absolute Gasteiger partial charge is 0.478 e. The van der Waals surface area contributed by atoms with Gasteiger partial charge in [-0.15, -0.1) is 0 Å². The summed E-state index contributed by atoms with van der Waals surface area (Å²) in [6, 6.07) is 4.96. The van der Waals surface area contributed by atoms with Gasteiger partial charge in [-0.25, -0.2) is 14.5 Å². The quantitative estimate of drug-likeness (QED) is 0.923. The van der Waals surface area contributed by atoms with E-state index in [2.05, 4.69) is 26.0 Å². The topological polar surface area (TPSA) is 68.0 Å². The van der Waals surface area contributed by atoms with Gasteiger partial charge < -0.3 is 5.11 Å². The van der Waals surface area contributed by atoms with Crippen LogP contribution in [-0.4, -0.2) is 25.8 Å². The fourth-order valence-corrected chi connectivity index (χ4v) is 2.11. The lowest BCUT2D eigenvalue weighted by molar-refractivity contribution is 0.0696. The van der Waals surface area contributed by atoms with Gasteiger partial charge in [-0.05, 0) is 48.0 Å². The van der Waals surface area contributed by atoms with Gasteiger partial charge in [-0.1, -0.05) is 0 Å². The fraction of sp³-hybridized carbons (Fsp3) is 0.182. The molecule has 5 nitrogen and oxygen atoms in total. The van der Waals surface area contributed by atoms with Crippen molar-refractivity contribution in [3.8, 4) is 5.69 Å². The van der Waals surface area contributed by atoms with Crippen molar-refractivity contribution >= 4 is 21.9 Å². The molecular formula is C11H10BrN3O2. The number of nitrogens with zero attached hydrogens (tertiary/aromatic N) is 3. The second kappa shape index (κ2) is 4.29. The molecule has 0 aliphatic carbocycles. The van der Waals surface area contributed by atoms with E-state index in [9.17, 15) is 4.79 Å². The van der Waals surface area contributed by atoms with Crippen LogP contribution in [0.2, 0.25) is 0 Å². The molecule has 0 saturated heterocycles. The molecule has 1 aromatic heterocycles. The SMILES string of the molecule is Cc1nc(C)n(-c2ccc(C(=O)O)c(Br)c2)n1. The molecule has 0 amide bonds. The predicted molar refractivity (Wildman–Crippen MR) is 65.5 cm³/mol. The lowest BCUT2D eigenvalue weighted by Gasteiger charge is -2.05. The molecule has 0 aliphatic rings. The van der Waals surface area contributed by atoms with E-state index in [1.54, 1.807) is 16.8 Å². The summed E-state index contributed by atoms with van der Waals surface area (Å²) in [5.41, 5.74) is 1.00. The number of hydrogen-bond donors (Lipinski definition) is 1. The summed E-state index contributed by atoms with van der Waals surface area (Å²) in [4.78, 5) is 15.1. The summed E-state index contributed by atoms with van der Waals surface area (Å²) in [6.45, 7) is 3.66. The third kappa shape index (κ3) is 2.21. The van der Waals surface area contributed by atoms with Crippen molar-refractivity contribution < 1.29 is 9.90 Å². The molecule has 0 aliphatic heterocycles. The van der Waals surface area contributed by atoms with Crippen LogP contribution in [0.5, 0.6) is 0 Å². The Morgan fingerprint density at radius 2 is 2.12 bits per heavy atom. The van der Waals surface area contributed by atoms with Crippen LogP contribution < -0.4 is 0 Å². The zero-order chi connectivity index (χ0) is 12.6. The molecule has 1 N–H and O–H groups in total. The van der Waals surface area contributed by atoms with Crippen LogP contribution in [0.25, 0.3) is 5.69 Å². The standard InChI is InChI=1S/C11H10BrN3O2/c1-6-13-7(2)15(14-6)8-3-4-9(11(16)17)10(12)5-8/h3-5H,1-2H3,(H,16,17). The van der Waals surface area contributed by atoms with Crippen molar-refractivity contribution in [1.82, 2.24) is 14.8 Å². The Hall–Kier alpha value is -1.69. The normalized spacial score (nSPS) is 10.5. The number of benzene rings is 1. The molecule has 2 aromatic rings. The van der Waals surface area contributed by atoms with E-state index >= 15 is 0 Å². The van der Waals surface area contributed by atoms with Crippen LogP contribution in [0.1, 0.15) is 22.0 Å². The van der Waals surface area contributed by atoms with Crippen molar-refractivity contribution in [3.63, 3.8) is 0 Å². The molecule has 17 heavy (non-hydrogen) atoms. The summed E-state index contributed by atoms with van der Waals surface area (Å²) < 4.78 is 2.20. The van der Waals surface area contributed by atoms with Crippen LogP contribution in [0, 0.1) is 13.8 Å². The average Bonchev–Trinajstić information content (AvgIpc) is 2.57. The van der Waals surface area contributed by atoms with E-state index in [0.29, 0.717) is 10.3 Å². The molecule has 0 spiro atoms. The van der Waals surface area contributed by atoms with Gasteiger partial charge in [-0.3, -0.25) is 0 Å². The number of carboxylic acid groups (broad SMARTS) is 1. The van der Waals surface area contributed by atoms with Crippen molar-refractivity contribution in [3.05, 3.63) is 39.9 Å². The van der Waals surface area contributed by atoms with E-state index in [-0.39, 0.29) is 5.56 Å². The number of halogens is 1. The van der Waals surface area contributed by atoms with Gasteiger partial charge in [0, 0.05) is 4.47 Å². The maximum absolute atomic E-state index is 10.9. The van der Waals surface area contributed by atoms with E-state index in [1.807, 2.05) is 13.8 Å². The zero-order valence-electron chi connectivity index (χ0n) is 9.31. The van der Waals surface area contributed by atoms with Crippen molar-refractivity contribution in [2.45, 2.75) is 13.8 Å². The summed E-state index contributed by atoms with van der Waals surface area (Å²) in [7, 11) is 0. The number of hydrogen-bond acceptors (Lipinski definition) is 3. The first-order valence-corrected chi connectivity index (χ1v) is 5.72. The van der Waals surface area contributed by atoms with Crippen LogP contribution in [0.3, 0.4) is 0 Å². The van der Waals surface area contributed by atoms with Crippen LogP contribution in [0.15, 0.2) is 22.7 Å². The van der Waals surface area contributed by atoms with Crippen LogP contribution in [-0.2, 0) is 0 Å². The fourth-order valence-electron chi connectivity index (χ4n) is 1.57. The van der Waals surface area contributed by atoms with E-state index < -0.39 is 5.97 Å². The van der Waals surface area contributed by atoms with Gasteiger partial charge >= 0.3 is 5.97 Å². The summed E-state index contributed by atoms with van der Waals surface area (Å²) in [6.07, 6.45) is 0. The number of rotatable bonds is 2. The molecule has 1 heterocycles. The molecule has 0 fully saturated rings. The Labute approximate surface area is 106 Å². The molecule has 6 heteroatoms. The Morgan fingerprint density at radius 3 is 2.59 bits per heavy atom. The van der Waals surface area contributed by atoms with Crippen LogP contribution >= 0.6 is 15.9 Å². The third-order valence-corrected chi connectivity index (χ3v) is 2.96. The minimum absolute atomic E-state index is 0.225. The monoisotopic (exact) mass is 295 g/mol. The number of aromatic nitrogens is 3. The molecule has 0 unspecified atom stereocenters. The predicted octanol–water partition coefficient (Wildman–Crippen LogP) is 2.34. The maximum Gasteiger partial charge on any atom is 0.336 e.